The van der Waals surface area contributed by atoms with Crippen LogP contribution in [0.15, 0.2) is 46.9 Å². The van der Waals surface area contributed by atoms with Crippen LogP contribution in [-0.4, -0.2) is 0 Å². The van der Waals surface area contributed by atoms with Crippen LogP contribution >= 0.6 is 27.5 Å². The van der Waals surface area contributed by atoms with Crippen LogP contribution < -0.4 is 0 Å². The summed E-state index contributed by atoms with van der Waals surface area (Å²) < 4.78 is 39.6. The molecule has 0 saturated carbocycles. The van der Waals surface area contributed by atoms with Crippen LogP contribution in [0.5, 0.6) is 0 Å². The van der Waals surface area contributed by atoms with Crippen molar-refractivity contribution in [3.63, 3.8) is 0 Å². The minimum atomic E-state index is -4.43. The predicted octanol–water partition coefficient (Wildman–Crippen LogP) is 6.10. The van der Waals surface area contributed by atoms with E-state index >= 15 is 0 Å². The maximum absolute atomic E-state index is 13.1. The first-order valence-electron chi connectivity index (χ1n) is 5.86. The molecular formula is C15H11BrClF3. The fourth-order valence-corrected chi connectivity index (χ4v) is 2.61. The van der Waals surface area contributed by atoms with Gasteiger partial charge in [0.25, 0.3) is 0 Å². The number of hydrogen-bond donors (Lipinski definition) is 0. The third kappa shape index (κ3) is 3.36. The average molecular weight is 364 g/mol. The summed E-state index contributed by atoms with van der Waals surface area (Å²) in [5.41, 5.74) is 1.02. The van der Waals surface area contributed by atoms with E-state index in [9.17, 15) is 13.2 Å². The van der Waals surface area contributed by atoms with Crippen molar-refractivity contribution in [3.8, 4) is 0 Å². The Balaban J connectivity index is 2.49. The number of rotatable bonds is 2. The fraction of sp³-hybridized carbons (Fsp3) is 0.200. The number of benzene rings is 2. The van der Waals surface area contributed by atoms with Crippen molar-refractivity contribution in [1.29, 1.82) is 0 Å². The Morgan fingerprint density at radius 1 is 1.05 bits per heavy atom. The highest BCUT2D eigenvalue weighted by atomic mass is 79.9. The van der Waals surface area contributed by atoms with Gasteiger partial charge in [-0.15, -0.1) is 11.6 Å². The molecule has 0 N–H and O–H groups in total. The molecule has 0 nitrogen and oxygen atoms in total. The summed E-state index contributed by atoms with van der Waals surface area (Å²) in [6.07, 6.45) is -4.43. The molecule has 0 aromatic heterocycles. The zero-order valence-electron chi connectivity index (χ0n) is 10.5. The number of hydrogen-bond acceptors (Lipinski definition) is 0. The van der Waals surface area contributed by atoms with Gasteiger partial charge in [-0.2, -0.15) is 13.2 Å². The fourth-order valence-electron chi connectivity index (χ4n) is 1.91. The third-order valence-electron chi connectivity index (χ3n) is 2.96. The van der Waals surface area contributed by atoms with Crippen LogP contribution in [-0.2, 0) is 6.18 Å². The molecule has 0 fully saturated rings. The van der Waals surface area contributed by atoms with Crippen molar-refractivity contribution in [2.75, 3.05) is 0 Å². The molecular weight excluding hydrogens is 353 g/mol. The van der Waals surface area contributed by atoms with Crippen LogP contribution in [0.4, 0.5) is 13.2 Å². The summed E-state index contributed by atoms with van der Waals surface area (Å²) in [5, 5.41) is -0.833. The minimum Gasteiger partial charge on any atom is -0.166 e. The van der Waals surface area contributed by atoms with Gasteiger partial charge < -0.3 is 0 Å². The zero-order chi connectivity index (χ0) is 14.9. The van der Waals surface area contributed by atoms with E-state index in [1.54, 1.807) is 18.2 Å². The Morgan fingerprint density at radius 2 is 1.65 bits per heavy atom. The van der Waals surface area contributed by atoms with Crippen molar-refractivity contribution in [3.05, 3.63) is 69.2 Å². The second-order valence-electron chi connectivity index (χ2n) is 4.50. The van der Waals surface area contributed by atoms with Gasteiger partial charge in [-0.05, 0) is 30.2 Å². The Morgan fingerprint density at radius 3 is 2.20 bits per heavy atom. The molecule has 0 radical (unpaired) electrons. The third-order valence-corrected chi connectivity index (χ3v) is 3.94. The van der Waals surface area contributed by atoms with Crippen LogP contribution in [0, 0.1) is 6.92 Å². The Kier molecular flexibility index (Phi) is 4.45. The summed E-state index contributed by atoms with van der Waals surface area (Å²) in [4.78, 5) is 0. The van der Waals surface area contributed by atoms with Crippen molar-refractivity contribution in [2.45, 2.75) is 18.5 Å². The largest absolute Gasteiger partial charge is 0.416 e. The highest BCUT2D eigenvalue weighted by molar-refractivity contribution is 9.10. The molecule has 0 amide bonds. The van der Waals surface area contributed by atoms with E-state index in [4.69, 9.17) is 11.6 Å². The van der Waals surface area contributed by atoms with Gasteiger partial charge in [-0.3, -0.25) is 0 Å². The summed E-state index contributed by atoms with van der Waals surface area (Å²) in [6.45, 7) is 1.91. The summed E-state index contributed by atoms with van der Waals surface area (Å²) in [6, 6.07) is 11.2. The second-order valence-corrected chi connectivity index (χ2v) is 5.85. The highest BCUT2D eigenvalue weighted by Gasteiger charge is 2.35. The topological polar surface area (TPSA) is 0 Å². The lowest BCUT2D eigenvalue weighted by molar-refractivity contribution is -0.138. The Labute approximate surface area is 128 Å². The van der Waals surface area contributed by atoms with E-state index in [0.717, 1.165) is 11.6 Å². The Hall–Kier alpha value is -1.00. The van der Waals surface area contributed by atoms with Gasteiger partial charge in [0.1, 0.15) is 0 Å². The SMILES string of the molecule is Cc1ccc(C(Cl)c2ccc(Br)cc2C(F)(F)F)cc1. The first-order valence-corrected chi connectivity index (χ1v) is 7.09. The minimum absolute atomic E-state index is 0.0613. The first kappa shape index (κ1) is 15.4. The van der Waals surface area contributed by atoms with Crippen LogP contribution in [0.1, 0.15) is 27.6 Å². The molecule has 0 saturated heterocycles. The van der Waals surface area contributed by atoms with Crippen LogP contribution in [0.3, 0.4) is 0 Å². The predicted molar refractivity (Wildman–Crippen MR) is 78.0 cm³/mol. The van der Waals surface area contributed by atoms with Gasteiger partial charge in [0.15, 0.2) is 0 Å². The lowest BCUT2D eigenvalue weighted by Crippen LogP contribution is -2.11. The molecule has 2 aromatic rings. The quantitative estimate of drug-likeness (QED) is 0.565. The first-order chi connectivity index (χ1) is 9.29. The van der Waals surface area contributed by atoms with Gasteiger partial charge in [0, 0.05) is 4.47 Å². The van der Waals surface area contributed by atoms with E-state index < -0.39 is 17.1 Å². The summed E-state index contributed by atoms with van der Waals surface area (Å²) in [5.74, 6) is 0. The van der Waals surface area contributed by atoms with Crippen molar-refractivity contribution in [1.82, 2.24) is 0 Å². The lowest BCUT2D eigenvalue weighted by Gasteiger charge is -2.18. The van der Waals surface area contributed by atoms with Crippen molar-refractivity contribution < 1.29 is 13.2 Å². The van der Waals surface area contributed by atoms with E-state index in [2.05, 4.69) is 15.9 Å². The van der Waals surface area contributed by atoms with E-state index in [0.29, 0.717) is 10.0 Å². The Bertz CT molecular complexity index is 606. The summed E-state index contributed by atoms with van der Waals surface area (Å²) in [7, 11) is 0. The molecule has 0 bridgehead atoms. The maximum atomic E-state index is 13.1. The lowest BCUT2D eigenvalue weighted by atomic mass is 9.98. The molecule has 0 spiro atoms. The highest BCUT2D eigenvalue weighted by Crippen LogP contribution is 2.40. The van der Waals surface area contributed by atoms with Gasteiger partial charge in [-0.25, -0.2) is 0 Å². The van der Waals surface area contributed by atoms with Gasteiger partial charge in [0.2, 0.25) is 0 Å². The number of halogens is 5. The maximum Gasteiger partial charge on any atom is 0.416 e. The standard InChI is InChI=1S/C15H11BrClF3/c1-9-2-4-10(5-3-9)14(17)12-7-6-11(16)8-13(12)15(18,19)20/h2-8,14H,1H3. The molecule has 2 aromatic carbocycles. The van der Waals surface area contributed by atoms with Gasteiger partial charge >= 0.3 is 6.18 Å². The van der Waals surface area contributed by atoms with Crippen LogP contribution in [0.2, 0.25) is 0 Å². The van der Waals surface area contributed by atoms with Gasteiger partial charge in [0.05, 0.1) is 10.9 Å². The molecule has 0 aliphatic heterocycles. The molecule has 0 aliphatic carbocycles. The van der Waals surface area contributed by atoms with Gasteiger partial charge in [-0.1, -0.05) is 51.8 Å². The molecule has 0 heterocycles. The van der Waals surface area contributed by atoms with E-state index in [-0.39, 0.29) is 5.56 Å². The average Bonchev–Trinajstić information content (AvgIpc) is 2.38. The van der Waals surface area contributed by atoms with E-state index in [1.807, 2.05) is 19.1 Å². The molecule has 5 heteroatoms. The van der Waals surface area contributed by atoms with Crippen molar-refractivity contribution >= 4 is 27.5 Å². The molecule has 20 heavy (non-hydrogen) atoms. The number of alkyl halides is 4. The zero-order valence-corrected chi connectivity index (χ0v) is 12.9. The molecule has 1 unspecified atom stereocenters. The van der Waals surface area contributed by atoms with Crippen molar-refractivity contribution in [2.24, 2.45) is 0 Å². The molecule has 106 valence electrons. The molecule has 2 rings (SSSR count). The van der Waals surface area contributed by atoms with E-state index in [1.165, 1.54) is 6.07 Å². The second kappa shape index (κ2) is 5.78. The molecule has 1 atom stereocenters. The van der Waals surface area contributed by atoms with Crippen LogP contribution in [0.25, 0.3) is 0 Å². The summed E-state index contributed by atoms with van der Waals surface area (Å²) >= 11 is 9.29. The normalized spacial score (nSPS) is 13.3. The molecule has 0 aliphatic rings. The monoisotopic (exact) mass is 362 g/mol. The number of aryl methyl sites for hydroxylation is 1. The smallest absolute Gasteiger partial charge is 0.166 e.